The van der Waals surface area contributed by atoms with Crippen LogP contribution in [-0.2, 0) is 22.6 Å². The molecule has 1 atom stereocenters. The number of hydrogen-bond acceptors (Lipinski definition) is 6. The van der Waals surface area contributed by atoms with Gasteiger partial charge in [0.05, 0.1) is 12.0 Å². The normalized spacial score (nSPS) is 11.5. The fourth-order valence-electron chi connectivity index (χ4n) is 3.95. The summed E-state index contributed by atoms with van der Waals surface area (Å²) in [5.74, 6) is -0.402. The van der Waals surface area contributed by atoms with Gasteiger partial charge >= 0.3 is 5.69 Å². The van der Waals surface area contributed by atoms with Gasteiger partial charge in [-0.1, -0.05) is 60.2 Å². The Morgan fingerprint density at radius 1 is 1.00 bits per heavy atom. The van der Waals surface area contributed by atoms with Crippen LogP contribution in [0.1, 0.15) is 30.5 Å². The largest absolute Gasteiger partial charge is 0.490 e. The lowest BCUT2D eigenvalue weighted by Crippen LogP contribution is -2.52. The van der Waals surface area contributed by atoms with Crippen molar-refractivity contribution in [2.45, 2.75) is 45.8 Å². The van der Waals surface area contributed by atoms with Gasteiger partial charge < -0.3 is 19.7 Å². The van der Waals surface area contributed by atoms with Crippen LogP contribution in [0, 0.1) is 17.0 Å². The maximum absolute atomic E-state index is 13.6. The monoisotopic (exact) mass is 519 g/mol. The van der Waals surface area contributed by atoms with E-state index in [1.54, 1.807) is 0 Å². The molecule has 0 bridgehead atoms. The Balaban J connectivity index is 1.90. The molecule has 9 heteroatoms. The van der Waals surface area contributed by atoms with Gasteiger partial charge in [0.1, 0.15) is 11.8 Å². The number of nitro groups is 1. The SMILES string of the molecule is COc1cc(OCC(=O)N(Cc2ccc(C)cc2)C(Cc2ccccc2)C(=O)NC(C)C)ccc1[N+](=O)[O-]. The van der Waals surface area contributed by atoms with Crippen LogP contribution in [0.25, 0.3) is 0 Å². The molecule has 0 heterocycles. The lowest BCUT2D eigenvalue weighted by Gasteiger charge is -2.32. The number of benzene rings is 3. The van der Waals surface area contributed by atoms with E-state index in [4.69, 9.17) is 9.47 Å². The summed E-state index contributed by atoms with van der Waals surface area (Å²) in [5, 5.41) is 14.1. The van der Waals surface area contributed by atoms with Gasteiger partial charge in [0, 0.05) is 31.1 Å². The molecule has 1 N–H and O–H groups in total. The molecule has 0 aliphatic carbocycles. The van der Waals surface area contributed by atoms with Crippen molar-refractivity contribution in [1.29, 1.82) is 0 Å². The van der Waals surface area contributed by atoms with Crippen LogP contribution in [0.15, 0.2) is 72.8 Å². The highest BCUT2D eigenvalue weighted by molar-refractivity contribution is 5.88. The molecule has 2 amide bonds. The first-order valence-electron chi connectivity index (χ1n) is 12.3. The molecule has 1 unspecified atom stereocenters. The van der Waals surface area contributed by atoms with Gasteiger partial charge in [-0.25, -0.2) is 0 Å². The van der Waals surface area contributed by atoms with E-state index in [0.717, 1.165) is 16.7 Å². The number of carbonyl (C=O) groups is 2. The number of hydrogen-bond donors (Lipinski definition) is 1. The maximum atomic E-state index is 13.6. The first-order valence-corrected chi connectivity index (χ1v) is 12.3. The number of nitrogens with zero attached hydrogens (tertiary/aromatic N) is 2. The van der Waals surface area contributed by atoms with E-state index in [-0.39, 0.29) is 42.3 Å². The molecule has 0 saturated heterocycles. The molecule has 200 valence electrons. The van der Waals surface area contributed by atoms with Gasteiger partial charge in [0.2, 0.25) is 11.7 Å². The second-order valence-corrected chi connectivity index (χ2v) is 9.26. The zero-order valence-electron chi connectivity index (χ0n) is 22.0. The molecule has 38 heavy (non-hydrogen) atoms. The second kappa shape index (κ2) is 13.2. The van der Waals surface area contributed by atoms with E-state index in [1.165, 1.54) is 30.2 Å². The summed E-state index contributed by atoms with van der Waals surface area (Å²) in [5.41, 5.74) is 2.66. The van der Waals surface area contributed by atoms with Gasteiger partial charge in [-0.2, -0.15) is 0 Å². The Morgan fingerprint density at radius 2 is 1.68 bits per heavy atom. The molecule has 0 aliphatic rings. The van der Waals surface area contributed by atoms with Gasteiger partial charge in [-0.3, -0.25) is 19.7 Å². The molecule has 0 fully saturated rings. The zero-order valence-corrected chi connectivity index (χ0v) is 22.0. The third-order valence-electron chi connectivity index (χ3n) is 5.89. The molecule has 0 saturated carbocycles. The summed E-state index contributed by atoms with van der Waals surface area (Å²) in [6.07, 6.45) is 0.322. The third kappa shape index (κ3) is 7.80. The Bertz CT molecular complexity index is 1240. The van der Waals surface area contributed by atoms with Crippen molar-refractivity contribution in [2.24, 2.45) is 0 Å². The Kier molecular flexibility index (Phi) is 9.81. The van der Waals surface area contributed by atoms with Crippen LogP contribution < -0.4 is 14.8 Å². The minimum absolute atomic E-state index is 0.0229. The molecular formula is C29H33N3O6. The predicted octanol–water partition coefficient (Wildman–Crippen LogP) is 4.46. The van der Waals surface area contributed by atoms with E-state index in [0.29, 0.717) is 6.42 Å². The minimum Gasteiger partial charge on any atom is -0.490 e. The molecule has 9 nitrogen and oxygen atoms in total. The van der Waals surface area contributed by atoms with Gasteiger partial charge in [0.25, 0.3) is 5.91 Å². The summed E-state index contributed by atoms with van der Waals surface area (Å²) >= 11 is 0. The smallest absolute Gasteiger partial charge is 0.311 e. The molecule has 3 aromatic carbocycles. The van der Waals surface area contributed by atoms with E-state index >= 15 is 0 Å². The van der Waals surface area contributed by atoms with Crippen LogP contribution >= 0.6 is 0 Å². The number of ether oxygens (including phenoxy) is 2. The highest BCUT2D eigenvalue weighted by Gasteiger charge is 2.31. The van der Waals surface area contributed by atoms with Crippen molar-refractivity contribution in [3.05, 3.63) is 99.6 Å². The van der Waals surface area contributed by atoms with Gasteiger partial charge in [0.15, 0.2) is 6.61 Å². The summed E-state index contributed by atoms with van der Waals surface area (Å²) < 4.78 is 10.8. The third-order valence-corrected chi connectivity index (χ3v) is 5.89. The Labute approximate surface area is 222 Å². The molecule has 0 radical (unpaired) electrons. The van der Waals surface area contributed by atoms with Gasteiger partial charge in [-0.05, 0) is 38.0 Å². The molecule has 0 spiro atoms. The summed E-state index contributed by atoms with van der Waals surface area (Å²) in [4.78, 5) is 39.2. The van der Waals surface area contributed by atoms with E-state index in [1.807, 2.05) is 75.4 Å². The first kappa shape index (κ1) is 28.2. The Morgan fingerprint density at radius 3 is 2.29 bits per heavy atom. The Hall–Kier alpha value is -4.40. The van der Waals surface area contributed by atoms with Crippen molar-refractivity contribution >= 4 is 17.5 Å². The molecule has 3 rings (SSSR count). The maximum Gasteiger partial charge on any atom is 0.311 e. The standard InChI is InChI=1S/C29H33N3O6/c1-20(2)30-29(34)26(16-22-8-6-5-7-9-22)31(18-23-12-10-21(3)11-13-23)28(33)19-38-24-14-15-25(32(35)36)27(17-24)37-4/h5-15,17,20,26H,16,18-19H2,1-4H3,(H,30,34). The number of rotatable bonds is 12. The van der Waals surface area contributed by atoms with Crippen molar-refractivity contribution in [1.82, 2.24) is 10.2 Å². The van der Waals surface area contributed by atoms with Crippen LogP contribution in [0.4, 0.5) is 5.69 Å². The molecule has 0 aromatic heterocycles. The van der Waals surface area contributed by atoms with Crippen molar-refractivity contribution < 1.29 is 24.0 Å². The predicted molar refractivity (Wildman–Crippen MR) is 144 cm³/mol. The van der Waals surface area contributed by atoms with E-state index in [9.17, 15) is 19.7 Å². The van der Waals surface area contributed by atoms with Gasteiger partial charge in [-0.15, -0.1) is 0 Å². The number of nitrogens with one attached hydrogen (secondary N) is 1. The van der Waals surface area contributed by atoms with Crippen molar-refractivity contribution in [3.63, 3.8) is 0 Å². The minimum atomic E-state index is -0.788. The van der Waals surface area contributed by atoms with E-state index in [2.05, 4.69) is 5.32 Å². The summed E-state index contributed by atoms with van der Waals surface area (Å²) in [6, 6.07) is 20.4. The second-order valence-electron chi connectivity index (χ2n) is 9.26. The highest BCUT2D eigenvalue weighted by Crippen LogP contribution is 2.30. The molecule has 3 aromatic rings. The van der Waals surface area contributed by atoms with Crippen LogP contribution in [0.5, 0.6) is 11.5 Å². The van der Waals surface area contributed by atoms with E-state index < -0.39 is 16.9 Å². The zero-order chi connectivity index (χ0) is 27.7. The number of aryl methyl sites for hydroxylation is 1. The lowest BCUT2D eigenvalue weighted by atomic mass is 10.0. The topological polar surface area (TPSA) is 111 Å². The fraction of sp³-hybridized carbons (Fsp3) is 0.310. The number of methoxy groups -OCH3 is 1. The quantitative estimate of drug-likeness (QED) is 0.280. The average Bonchev–Trinajstić information content (AvgIpc) is 2.90. The number of nitro benzene ring substituents is 1. The summed E-state index contributed by atoms with van der Waals surface area (Å²) in [7, 11) is 1.32. The fourth-order valence-corrected chi connectivity index (χ4v) is 3.95. The summed E-state index contributed by atoms with van der Waals surface area (Å²) in [6.45, 7) is 5.55. The number of carbonyl (C=O) groups excluding carboxylic acids is 2. The van der Waals surface area contributed by atoms with Crippen molar-refractivity contribution in [3.8, 4) is 11.5 Å². The molecule has 0 aliphatic heterocycles. The highest BCUT2D eigenvalue weighted by atomic mass is 16.6. The number of amides is 2. The van der Waals surface area contributed by atoms with Crippen LogP contribution in [-0.4, -0.2) is 47.4 Å². The first-order chi connectivity index (χ1) is 18.2. The average molecular weight is 520 g/mol. The lowest BCUT2D eigenvalue weighted by molar-refractivity contribution is -0.385. The van der Waals surface area contributed by atoms with Crippen molar-refractivity contribution in [2.75, 3.05) is 13.7 Å². The van der Waals surface area contributed by atoms with Crippen LogP contribution in [0.2, 0.25) is 0 Å². The molecular weight excluding hydrogens is 486 g/mol. The van der Waals surface area contributed by atoms with Crippen LogP contribution in [0.3, 0.4) is 0 Å².